The summed E-state index contributed by atoms with van der Waals surface area (Å²) in [5, 5.41) is 3.46. The molecule has 0 bridgehead atoms. The van der Waals surface area contributed by atoms with E-state index in [1.165, 1.54) is 11.1 Å². The van der Waals surface area contributed by atoms with E-state index < -0.39 is 0 Å². The van der Waals surface area contributed by atoms with E-state index in [0.717, 1.165) is 82.4 Å². The molecule has 0 unspecified atom stereocenters. The SMILES string of the molecule is C=Nc1c(/C=C\C)c(N2C[C@H](CN3CCN(c4cc5c(cn4)CCNC5)CC3)O[C@H](C)C2)cc(=O)n1C. The highest BCUT2D eigenvalue weighted by atomic mass is 16.5. The fourth-order valence-electron chi connectivity index (χ4n) is 5.78. The van der Waals surface area contributed by atoms with Crippen molar-refractivity contribution in [2.45, 2.75) is 39.0 Å². The molecule has 9 heteroatoms. The van der Waals surface area contributed by atoms with Gasteiger partial charge in [0.15, 0.2) is 0 Å². The third-order valence-electron chi connectivity index (χ3n) is 7.69. The van der Waals surface area contributed by atoms with Gasteiger partial charge < -0.3 is 19.9 Å². The zero-order chi connectivity index (χ0) is 25.9. The molecule has 2 aromatic heterocycles. The molecule has 0 aromatic carbocycles. The summed E-state index contributed by atoms with van der Waals surface area (Å²) in [5.41, 5.74) is 4.50. The minimum atomic E-state index is -0.0796. The van der Waals surface area contributed by atoms with Crippen molar-refractivity contribution in [2.24, 2.45) is 12.0 Å². The van der Waals surface area contributed by atoms with E-state index in [0.29, 0.717) is 5.82 Å². The maximum atomic E-state index is 12.7. The van der Waals surface area contributed by atoms with Crippen LogP contribution in [0.1, 0.15) is 30.5 Å². The van der Waals surface area contributed by atoms with Crippen LogP contribution in [-0.4, -0.2) is 85.7 Å². The van der Waals surface area contributed by atoms with Crippen molar-refractivity contribution in [2.75, 3.05) is 62.2 Å². The Morgan fingerprint density at radius 2 is 2.00 bits per heavy atom. The van der Waals surface area contributed by atoms with E-state index in [9.17, 15) is 4.79 Å². The molecular formula is C28H39N7O2. The molecule has 3 aliphatic heterocycles. The van der Waals surface area contributed by atoms with Crippen LogP contribution in [0.25, 0.3) is 6.08 Å². The Morgan fingerprint density at radius 3 is 2.76 bits per heavy atom. The third kappa shape index (κ3) is 5.49. The summed E-state index contributed by atoms with van der Waals surface area (Å²) in [4.78, 5) is 28.8. The summed E-state index contributed by atoms with van der Waals surface area (Å²) in [5.74, 6) is 1.68. The van der Waals surface area contributed by atoms with E-state index in [4.69, 9.17) is 9.72 Å². The summed E-state index contributed by atoms with van der Waals surface area (Å²) in [6, 6.07) is 3.98. The number of hydrogen-bond donors (Lipinski definition) is 1. The molecule has 37 heavy (non-hydrogen) atoms. The first-order chi connectivity index (χ1) is 18.0. The van der Waals surface area contributed by atoms with Crippen molar-refractivity contribution in [1.29, 1.82) is 0 Å². The Kier molecular flexibility index (Phi) is 7.73. The highest BCUT2D eigenvalue weighted by Crippen LogP contribution is 2.31. The smallest absolute Gasteiger partial charge is 0.253 e. The number of allylic oxidation sites excluding steroid dienone is 1. The van der Waals surface area contributed by atoms with Crippen LogP contribution in [0.5, 0.6) is 0 Å². The minimum Gasteiger partial charge on any atom is -0.370 e. The molecule has 9 nitrogen and oxygen atoms in total. The van der Waals surface area contributed by atoms with E-state index >= 15 is 0 Å². The third-order valence-corrected chi connectivity index (χ3v) is 7.69. The molecule has 5 heterocycles. The fourth-order valence-corrected chi connectivity index (χ4v) is 5.78. The number of morpholine rings is 1. The van der Waals surface area contributed by atoms with Crippen LogP contribution in [0, 0.1) is 0 Å². The Labute approximate surface area is 219 Å². The van der Waals surface area contributed by atoms with Crippen molar-refractivity contribution >= 4 is 30.1 Å². The molecule has 5 rings (SSSR count). The molecule has 3 aliphatic rings. The lowest BCUT2D eigenvalue weighted by Gasteiger charge is -2.42. The number of pyridine rings is 2. The largest absolute Gasteiger partial charge is 0.370 e. The number of aromatic nitrogens is 2. The highest BCUT2D eigenvalue weighted by Gasteiger charge is 2.30. The Hall–Kier alpha value is -3.01. The van der Waals surface area contributed by atoms with Gasteiger partial charge in [-0.25, -0.2) is 9.98 Å². The standard InChI is InChI=1S/C28H39N7O2/c1-5-6-24-25(14-27(36)32(4)28(24)29-3)35-17-20(2)37-23(19-35)18-33-9-11-34(12-10-33)26-13-22-15-30-8-7-21(22)16-31-26/h5-6,13-14,16,20,23,30H,3,7-12,15,17-19H2,1-2,4H3/b6-5-/t20-,23+/m1/s1. The number of anilines is 2. The Morgan fingerprint density at radius 1 is 1.19 bits per heavy atom. The summed E-state index contributed by atoms with van der Waals surface area (Å²) in [7, 11) is 1.74. The lowest BCUT2D eigenvalue weighted by molar-refractivity contribution is -0.0328. The van der Waals surface area contributed by atoms with Crippen molar-refractivity contribution in [3.8, 4) is 0 Å². The molecule has 2 atom stereocenters. The Bertz CT molecular complexity index is 1220. The molecule has 2 aromatic rings. The zero-order valence-corrected chi connectivity index (χ0v) is 22.3. The van der Waals surface area contributed by atoms with Gasteiger partial charge in [0, 0.05) is 77.2 Å². The summed E-state index contributed by atoms with van der Waals surface area (Å²) in [6.45, 7) is 16.0. The number of hydrogen-bond acceptors (Lipinski definition) is 8. The van der Waals surface area contributed by atoms with Crippen LogP contribution in [0.3, 0.4) is 0 Å². The van der Waals surface area contributed by atoms with E-state index in [1.807, 2.05) is 19.1 Å². The normalized spacial score (nSPS) is 22.9. The van der Waals surface area contributed by atoms with E-state index in [2.05, 4.69) is 50.9 Å². The number of fused-ring (bicyclic) bond motifs is 1. The summed E-state index contributed by atoms with van der Waals surface area (Å²) < 4.78 is 7.93. The second-order valence-electron chi connectivity index (χ2n) is 10.3. The summed E-state index contributed by atoms with van der Waals surface area (Å²) >= 11 is 0. The predicted molar refractivity (Wildman–Crippen MR) is 150 cm³/mol. The van der Waals surface area contributed by atoms with Gasteiger partial charge in [-0.2, -0.15) is 0 Å². The maximum absolute atomic E-state index is 12.7. The van der Waals surface area contributed by atoms with Crippen LogP contribution >= 0.6 is 0 Å². The molecular weight excluding hydrogens is 466 g/mol. The molecule has 0 spiro atoms. The molecule has 0 aliphatic carbocycles. The van der Waals surface area contributed by atoms with Gasteiger partial charge >= 0.3 is 0 Å². The maximum Gasteiger partial charge on any atom is 0.253 e. The topological polar surface area (TPSA) is 78.2 Å². The van der Waals surface area contributed by atoms with Gasteiger partial charge in [-0.1, -0.05) is 12.2 Å². The van der Waals surface area contributed by atoms with Gasteiger partial charge in [0.25, 0.3) is 5.56 Å². The first-order valence-electron chi connectivity index (χ1n) is 13.4. The van der Waals surface area contributed by atoms with Crippen molar-refractivity contribution in [1.82, 2.24) is 19.8 Å². The number of rotatable bonds is 6. The van der Waals surface area contributed by atoms with Crippen LogP contribution in [0.2, 0.25) is 0 Å². The van der Waals surface area contributed by atoms with Gasteiger partial charge in [0.05, 0.1) is 17.9 Å². The molecule has 198 valence electrons. The number of aliphatic imine (C=N–C) groups is 1. The molecule has 0 saturated carbocycles. The lowest BCUT2D eigenvalue weighted by atomic mass is 10.0. The molecule has 2 fully saturated rings. The summed E-state index contributed by atoms with van der Waals surface area (Å²) in [6.07, 6.45) is 7.24. The molecule has 0 amide bonds. The van der Waals surface area contributed by atoms with Gasteiger partial charge in [0.1, 0.15) is 11.6 Å². The second-order valence-corrected chi connectivity index (χ2v) is 10.3. The van der Waals surface area contributed by atoms with Crippen molar-refractivity contribution in [3.05, 3.63) is 51.4 Å². The van der Waals surface area contributed by atoms with Crippen LogP contribution < -0.4 is 20.7 Å². The average Bonchev–Trinajstić information content (AvgIpc) is 2.91. The first kappa shape index (κ1) is 25.6. The molecule has 1 N–H and O–H groups in total. The minimum absolute atomic E-state index is 0.0610. The first-order valence-corrected chi connectivity index (χ1v) is 13.4. The number of ether oxygens (including phenoxy) is 1. The van der Waals surface area contributed by atoms with Gasteiger partial charge in [-0.3, -0.25) is 14.3 Å². The van der Waals surface area contributed by atoms with Crippen LogP contribution in [0.4, 0.5) is 17.3 Å². The van der Waals surface area contributed by atoms with E-state index in [-0.39, 0.29) is 17.8 Å². The van der Waals surface area contributed by atoms with Crippen molar-refractivity contribution < 1.29 is 4.74 Å². The quantitative estimate of drug-likeness (QED) is 0.603. The van der Waals surface area contributed by atoms with E-state index in [1.54, 1.807) is 17.7 Å². The van der Waals surface area contributed by atoms with Crippen LogP contribution in [-0.2, 0) is 24.8 Å². The molecule has 0 radical (unpaired) electrons. The number of nitrogens with one attached hydrogen (secondary N) is 1. The van der Waals surface area contributed by atoms with Gasteiger partial charge in [0.2, 0.25) is 0 Å². The van der Waals surface area contributed by atoms with Gasteiger partial charge in [-0.05, 0) is 50.7 Å². The predicted octanol–water partition coefficient (Wildman–Crippen LogP) is 2.21. The average molecular weight is 506 g/mol. The molecule has 2 saturated heterocycles. The lowest BCUT2D eigenvalue weighted by Crippen LogP contribution is -2.54. The zero-order valence-electron chi connectivity index (χ0n) is 22.3. The highest BCUT2D eigenvalue weighted by molar-refractivity contribution is 5.76. The van der Waals surface area contributed by atoms with Gasteiger partial charge in [-0.15, -0.1) is 0 Å². The Balaban J connectivity index is 1.25. The van der Waals surface area contributed by atoms with Crippen LogP contribution in [0.15, 0.2) is 34.2 Å². The number of nitrogens with zero attached hydrogens (tertiary/aromatic N) is 6. The second kappa shape index (κ2) is 11.2. The monoisotopic (exact) mass is 505 g/mol. The number of piperazine rings is 1. The van der Waals surface area contributed by atoms with Crippen molar-refractivity contribution in [3.63, 3.8) is 0 Å². The fraction of sp³-hybridized carbons (Fsp3) is 0.536.